The van der Waals surface area contributed by atoms with E-state index in [4.69, 9.17) is 4.74 Å². The largest absolute Gasteiger partial charge is 0.425 e. The average molecular weight is 441 g/mol. The van der Waals surface area contributed by atoms with E-state index in [0.29, 0.717) is 24.3 Å². The molecule has 0 saturated carbocycles. The number of carbonyl (C=O) groups excluding carboxylic acids is 2. The number of ether oxygens (including phenoxy) is 1. The van der Waals surface area contributed by atoms with Crippen LogP contribution in [0.25, 0.3) is 0 Å². The third kappa shape index (κ3) is 7.68. The molecule has 0 aliphatic rings. The summed E-state index contributed by atoms with van der Waals surface area (Å²) in [6.45, 7) is 9.92. The molecule has 0 aromatic heterocycles. The number of rotatable bonds is 11. The number of aliphatic hydroxyl groups excluding tert-OH is 1. The predicted molar refractivity (Wildman–Crippen MR) is 128 cm³/mol. The summed E-state index contributed by atoms with van der Waals surface area (Å²) >= 11 is 0. The molecule has 2 aromatic carbocycles. The Morgan fingerprint density at radius 3 is 2.34 bits per heavy atom. The summed E-state index contributed by atoms with van der Waals surface area (Å²) in [7, 11) is 0. The maximum Gasteiger partial charge on any atom is 0.330 e. The Morgan fingerprint density at radius 2 is 1.72 bits per heavy atom. The van der Waals surface area contributed by atoms with Crippen LogP contribution in [-0.4, -0.2) is 35.6 Å². The Hall–Kier alpha value is -2.86. The van der Waals surface area contributed by atoms with Crippen LogP contribution in [0.2, 0.25) is 0 Å². The maximum absolute atomic E-state index is 12.0. The lowest BCUT2D eigenvalue weighted by atomic mass is 10.0. The Bertz CT molecular complexity index is 900. The van der Waals surface area contributed by atoms with Crippen LogP contribution in [0, 0.1) is 0 Å². The van der Waals surface area contributed by atoms with Crippen molar-refractivity contribution in [2.75, 3.05) is 11.4 Å². The fraction of sp³-hybridized carbons (Fsp3) is 0.462. The van der Waals surface area contributed by atoms with Crippen LogP contribution in [0.4, 0.5) is 5.69 Å². The highest BCUT2D eigenvalue weighted by Gasteiger charge is 2.15. The fourth-order valence-corrected chi connectivity index (χ4v) is 3.93. The van der Waals surface area contributed by atoms with Crippen molar-refractivity contribution in [2.24, 2.45) is 0 Å². The molecule has 0 radical (unpaired) electrons. The van der Waals surface area contributed by atoms with E-state index in [1.807, 2.05) is 6.07 Å². The van der Waals surface area contributed by atoms with Gasteiger partial charge in [0, 0.05) is 24.7 Å². The van der Waals surface area contributed by atoms with Crippen molar-refractivity contribution in [3.05, 3.63) is 59.2 Å². The van der Waals surface area contributed by atoms with Crippen molar-refractivity contribution < 1.29 is 19.4 Å². The molecule has 0 bridgehead atoms. The second-order valence-corrected chi connectivity index (χ2v) is 8.60. The summed E-state index contributed by atoms with van der Waals surface area (Å²) in [5.74, 6) is -0.334. The number of nitrogens with one attached hydrogen (secondary N) is 1. The molecule has 0 atom stereocenters. The van der Waals surface area contributed by atoms with Gasteiger partial charge in [0.15, 0.2) is 0 Å². The lowest BCUT2D eigenvalue weighted by Crippen LogP contribution is -2.36. The smallest absolute Gasteiger partial charge is 0.330 e. The van der Waals surface area contributed by atoms with Crippen LogP contribution in [0.1, 0.15) is 57.7 Å². The number of esters is 1. The zero-order chi connectivity index (χ0) is 23.7. The average Bonchev–Trinajstić information content (AvgIpc) is 2.73. The van der Waals surface area contributed by atoms with E-state index < -0.39 is 5.97 Å². The second-order valence-electron chi connectivity index (χ2n) is 8.60. The van der Waals surface area contributed by atoms with Gasteiger partial charge in [-0.15, -0.1) is 0 Å². The summed E-state index contributed by atoms with van der Waals surface area (Å²) in [6.07, 6.45) is 2.47. The van der Waals surface area contributed by atoms with Gasteiger partial charge in [0.2, 0.25) is 5.91 Å². The molecule has 1 amide bonds. The summed E-state index contributed by atoms with van der Waals surface area (Å²) in [5, 5.41) is 11.9. The van der Waals surface area contributed by atoms with Gasteiger partial charge >= 0.3 is 5.97 Å². The third-order valence-electron chi connectivity index (χ3n) is 5.25. The normalized spacial score (nSPS) is 11.0. The lowest BCUT2D eigenvalue weighted by Gasteiger charge is -2.33. The summed E-state index contributed by atoms with van der Waals surface area (Å²) in [4.78, 5) is 25.5. The van der Waals surface area contributed by atoms with E-state index in [1.54, 1.807) is 12.1 Å². The van der Waals surface area contributed by atoms with Gasteiger partial charge in [0.05, 0.1) is 6.61 Å². The SMILES string of the molecule is CC(=O)NCC(=O)Oc1ccc(CO)cc1CCCc1cccc(N(C(C)C)C(C)C)c1. The molecule has 0 saturated heterocycles. The molecule has 0 aliphatic heterocycles. The van der Waals surface area contributed by atoms with Crippen LogP contribution in [0.5, 0.6) is 5.75 Å². The summed E-state index contributed by atoms with van der Waals surface area (Å²) in [6, 6.07) is 14.8. The zero-order valence-electron chi connectivity index (χ0n) is 19.9. The fourth-order valence-electron chi connectivity index (χ4n) is 3.93. The highest BCUT2D eigenvalue weighted by atomic mass is 16.5. The van der Waals surface area contributed by atoms with Gasteiger partial charge in [0.25, 0.3) is 0 Å². The number of aliphatic hydroxyl groups is 1. The molecular formula is C26H36N2O4. The first-order chi connectivity index (χ1) is 15.2. The first-order valence-corrected chi connectivity index (χ1v) is 11.3. The molecular weight excluding hydrogens is 404 g/mol. The lowest BCUT2D eigenvalue weighted by molar-refractivity contribution is -0.135. The van der Waals surface area contributed by atoms with E-state index in [1.165, 1.54) is 18.2 Å². The van der Waals surface area contributed by atoms with Crippen molar-refractivity contribution >= 4 is 17.6 Å². The number of benzene rings is 2. The highest BCUT2D eigenvalue weighted by molar-refractivity contribution is 5.81. The summed E-state index contributed by atoms with van der Waals surface area (Å²) < 4.78 is 5.46. The number of carbonyl (C=O) groups is 2. The van der Waals surface area contributed by atoms with Gasteiger partial charge in [-0.1, -0.05) is 18.2 Å². The summed E-state index contributed by atoms with van der Waals surface area (Å²) in [5.41, 5.74) is 4.13. The molecule has 6 heteroatoms. The number of anilines is 1. The topological polar surface area (TPSA) is 78.9 Å². The van der Waals surface area contributed by atoms with Crippen molar-refractivity contribution in [3.8, 4) is 5.75 Å². The molecule has 6 nitrogen and oxygen atoms in total. The van der Waals surface area contributed by atoms with Gasteiger partial charge in [-0.25, -0.2) is 4.79 Å². The van der Waals surface area contributed by atoms with Crippen molar-refractivity contribution in [2.45, 2.75) is 72.6 Å². The third-order valence-corrected chi connectivity index (χ3v) is 5.25. The van der Waals surface area contributed by atoms with Crippen LogP contribution in [-0.2, 0) is 29.0 Å². The van der Waals surface area contributed by atoms with Crippen molar-refractivity contribution in [3.63, 3.8) is 0 Å². The number of hydrogen-bond donors (Lipinski definition) is 2. The highest BCUT2D eigenvalue weighted by Crippen LogP contribution is 2.25. The van der Waals surface area contributed by atoms with Gasteiger partial charge in [0.1, 0.15) is 12.3 Å². The molecule has 174 valence electrons. The number of hydrogen-bond acceptors (Lipinski definition) is 5. The Balaban J connectivity index is 2.07. The first-order valence-electron chi connectivity index (χ1n) is 11.3. The van der Waals surface area contributed by atoms with Crippen LogP contribution < -0.4 is 15.0 Å². The van der Waals surface area contributed by atoms with Gasteiger partial charge < -0.3 is 20.1 Å². The minimum Gasteiger partial charge on any atom is -0.425 e. The number of amides is 1. The Labute approximate surface area is 191 Å². The molecule has 2 N–H and O–H groups in total. The standard InChI is InChI=1S/C26H36N2O4/c1-18(2)28(19(3)4)24-11-7-9-21(15-24)8-6-10-23-14-22(17-29)12-13-25(23)32-26(31)16-27-20(5)30/h7,9,11-15,18-19,29H,6,8,10,16-17H2,1-5H3,(H,27,30). The predicted octanol–water partition coefficient (Wildman–Crippen LogP) is 4.02. The molecule has 32 heavy (non-hydrogen) atoms. The molecule has 2 rings (SSSR count). The van der Waals surface area contributed by atoms with Crippen molar-refractivity contribution in [1.82, 2.24) is 5.32 Å². The van der Waals surface area contributed by atoms with E-state index in [9.17, 15) is 14.7 Å². The monoisotopic (exact) mass is 440 g/mol. The van der Waals surface area contributed by atoms with Crippen molar-refractivity contribution in [1.29, 1.82) is 0 Å². The Morgan fingerprint density at radius 1 is 1.00 bits per heavy atom. The van der Waals surface area contributed by atoms with E-state index in [2.05, 4.69) is 62.2 Å². The van der Waals surface area contributed by atoms with Crippen LogP contribution in [0.15, 0.2) is 42.5 Å². The molecule has 0 fully saturated rings. The minimum atomic E-state index is -0.520. The maximum atomic E-state index is 12.0. The molecule has 2 aromatic rings. The van der Waals surface area contributed by atoms with E-state index >= 15 is 0 Å². The van der Waals surface area contributed by atoms with Gasteiger partial charge in [-0.05, 0) is 87.9 Å². The molecule has 0 aliphatic carbocycles. The second kappa shape index (κ2) is 12.2. The molecule has 0 unspecified atom stereocenters. The zero-order valence-corrected chi connectivity index (χ0v) is 19.9. The Kier molecular flexibility index (Phi) is 9.72. The molecule has 0 heterocycles. The number of nitrogens with zero attached hydrogens (tertiary/aromatic N) is 1. The minimum absolute atomic E-state index is 0.0740. The van der Waals surface area contributed by atoms with Crippen LogP contribution in [0.3, 0.4) is 0 Å². The van der Waals surface area contributed by atoms with Gasteiger partial charge in [-0.2, -0.15) is 0 Å². The first kappa shape index (κ1) is 25.4. The molecule has 0 spiro atoms. The van der Waals surface area contributed by atoms with Crippen LogP contribution >= 0.6 is 0 Å². The number of aryl methyl sites for hydroxylation is 2. The van der Waals surface area contributed by atoms with E-state index in [0.717, 1.165) is 24.0 Å². The van der Waals surface area contributed by atoms with Gasteiger partial charge in [-0.3, -0.25) is 4.79 Å². The quantitative estimate of drug-likeness (QED) is 0.408. The van der Waals surface area contributed by atoms with E-state index in [-0.39, 0.29) is 19.1 Å².